The molecule has 7 heteroatoms. The molecule has 1 saturated heterocycles. The smallest absolute Gasteiger partial charge is 0.317 e. The van der Waals surface area contributed by atoms with Crippen LogP contribution < -0.4 is 5.32 Å². The zero-order valence-corrected chi connectivity index (χ0v) is 17.0. The van der Waals surface area contributed by atoms with E-state index < -0.39 is 0 Å². The van der Waals surface area contributed by atoms with Crippen LogP contribution in [0, 0.1) is 18.7 Å². The molecule has 1 N–H and O–H groups in total. The monoisotopic (exact) mass is 408 g/mol. The van der Waals surface area contributed by atoms with Gasteiger partial charge in [0, 0.05) is 31.6 Å². The molecule has 0 spiro atoms. The van der Waals surface area contributed by atoms with E-state index in [1.165, 1.54) is 12.1 Å². The Bertz CT molecular complexity index is 1000. The molecule has 0 radical (unpaired) electrons. The molecular weight excluding hydrogens is 383 g/mol. The fourth-order valence-electron chi connectivity index (χ4n) is 3.83. The number of rotatable bonds is 5. The second-order valence-electron chi connectivity index (χ2n) is 7.77. The van der Waals surface area contributed by atoms with E-state index in [1.807, 2.05) is 36.1 Å². The first kappa shape index (κ1) is 20.1. The third-order valence-corrected chi connectivity index (χ3v) is 5.48. The molecule has 3 aromatic rings. The van der Waals surface area contributed by atoms with E-state index in [2.05, 4.69) is 15.5 Å². The standard InChI is InChI=1S/C23H25FN4O2/c1-16-5-2-3-7-20(16)22-26-21(30-27-22)13-18-6-4-12-28(15-18)23(29)25-14-17-8-10-19(24)11-9-17/h2-3,5,7-11,18H,4,6,12-15H2,1H3,(H,25,29)/t18-/m0/s1. The molecule has 6 nitrogen and oxygen atoms in total. The Morgan fingerprint density at radius 1 is 1.23 bits per heavy atom. The molecule has 1 aliphatic rings. The lowest BCUT2D eigenvalue weighted by atomic mass is 9.95. The molecule has 0 saturated carbocycles. The Morgan fingerprint density at radius 2 is 2.03 bits per heavy atom. The van der Waals surface area contributed by atoms with Gasteiger partial charge in [0.25, 0.3) is 0 Å². The van der Waals surface area contributed by atoms with E-state index in [0.29, 0.717) is 31.2 Å². The number of piperidine rings is 1. The number of aromatic nitrogens is 2. The summed E-state index contributed by atoms with van der Waals surface area (Å²) in [6.07, 6.45) is 2.61. The number of nitrogens with one attached hydrogen (secondary N) is 1. The normalized spacial score (nSPS) is 16.5. The molecule has 156 valence electrons. The van der Waals surface area contributed by atoms with Crippen LogP contribution in [0.15, 0.2) is 53.1 Å². The van der Waals surface area contributed by atoms with Crippen molar-refractivity contribution in [3.8, 4) is 11.4 Å². The maximum Gasteiger partial charge on any atom is 0.317 e. The molecule has 2 heterocycles. The second kappa shape index (κ2) is 9.07. The van der Waals surface area contributed by atoms with Gasteiger partial charge in [-0.25, -0.2) is 9.18 Å². The molecule has 4 rings (SSSR count). The van der Waals surface area contributed by atoms with E-state index in [9.17, 15) is 9.18 Å². The predicted octanol–water partition coefficient (Wildman–Crippen LogP) is 4.35. The molecule has 0 bridgehead atoms. The zero-order chi connectivity index (χ0) is 20.9. The lowest BCUT2D eigenvalue weighted by molar-refractivity contribution is 0.161. The summed E-state index contributed by atoms with van der Waals surface area (Å²) >= 11 is 0. The van der Waals surface area contributed by atoms with Crippen LogP contribution in [0.2, 0.25) is 0 Å². The van der Waals surface area contributed by atoms with Gasteiger partial charge in [0.15, 0.2) is 0 Å². The Kier molecular flexibility index (Phi) is 6.07. The number of nitrogens with zero attached hydrogens (tertiary/aromatic N) is 3. The summed E-state index contributed by atoms with van der Waals surface area (Å²) in [5, 5.41) is 7.05. The molecule has 30 heavy (non-hydrogen) atoms. The average Bonchev–Trinajstić information content (AvgIpc) is 3.22. The highest BCUT2D eigenvalue weighted by molar-refractivity contribution is 5.74. The zero-order valence-electron chi connectivity index (χ0n) is 17.0. The number of carbonyl (C=O) groups excluding carboxylic acids is 1. The first-order chi connectivity index (χ1) is 14.6. The minimum Gasteiger partial charge on any atom is -0.339 e. The summed E-state index contributed by atoms with van der Waals surface area (Å²) in [5.41, 5.74) is 2.94. The van der Waals surface area contributed by atoms with E-state index in [0.717, 1.165) is 36.1 Å². The Labute approximate surface area is 175 Å². The van der Waals surface area contributed by atoms with Gasteiger partial charge in [-0.3, -0.25) is 0 Å². The number of aryl methyl sites for hydroxylation is 1. The molecule has 1 fully saturated rings. The van der Waals surface area contributed by atoms with Crippen molar-refractivity contribution in [3.63, 3.8) is 0 Å². The van der Waals surface area contributed by atoms with E-state index in [1.54, 1.807) is 12.1 Å². The number of urea groups is 1. The molecule has 2 aromatic carbocycles. The van der Waals surface area contributed by atoms with Crippen molar-refractivity contribution in [2.75, 3.05) is 13.1 Å². The summed E-state index contributed by atoms with van der Waals surface area (Å²) in [6, 6.07) is 14.0. The van der Waals surface area contributed by atoms with Crippen LogP contribution >= 0.6 is 0 Å². The maximum atomic E-state index is 13.0. The maximum absolute atomic E-state index is 13.0. The Balaban J connectivity index is 1.32. The molecule has 1 aromatic heterocycles. The van der Waals surface area contributed by atoms with E-state index >= 15 is 0 Å². The minimum atomic E-state index is -0.282. The van der Waals surface area contributed by atoms with E-state index in [-0.39, 0.29) is 17.8 Å². The fourth-order valence-corrected chi connectivity index (χ4v) is 3.83. The number of halogens is 1. The van der Waals surface area contributed by atoms with Gasteiger partial charge in [0.2, 0.25) is 11.7 Å². The summed E-state index contributed by atoms with van der Waals surface area (Å²) < 4.78 is 18.5. The van der Waals surface area contributed by atoms with Crippen molar-refractivity contribution in [3.05, 3.63) is 71.4 Å². The SMILES string of the molecule is Cc1ccccc1-c1noc(C[C@@H]2CCCN(C(=O)NCc3ccc(F)cc3)C2)n1. The van der Waals surface area contributed by atoms with Gasteiger partial charge >= 0.3 is 6.03 Å². The number of hydrogen-bond donors (Lipinski definition) is 1. The van der Waals surface area contributed by atoms with Crippen molar-refractivity contribution in [1.82, 2.24) is 20.4 Å². The predicted molar refractivity (Wildman–Crippen MR) is 111 cm³/mol. The lowest BCUT2D eigenvalue weighted by Gasteiger charge is -2.32. The molecule has 1 aliphatic heterocycles. The largest absolute Gasteiger partial charge is 0.339 e. The first-order valence-corrected chi connectivity index (χ1v) is 10.2. The van der Waals surface area contributed by atoms with Crippen LogP contribution in [-0.2, 0) is 13.0 Å². The summed E-state index contributed by atoms with van der Waals surface area (Å²) in [6.45, 7) is 3.78. The summed E-state index contributed by atoms with van der Waals surface area (Å²) in [4.78, 5) is 18.9. The Morgan fingerprint density at radius 3 is 2.83 bits per heavy atom. The van der Waals surface area contributed by atoms with Crippen LogP contribution in [-0.4, -0.2) is 34.2 Å². The topological polar surface area (TPSA) is 71.3 Å². The van der Waals surface area contributed by atoms with Crippen LogP contribution in [0.5, 0.6) is 0 Å². The second-order valence-corrected chi connectivity index (χ2v) is 7.77. The van der Waals surface area contributed by atoms with Gasteiger partial charge in [-0.1, -0.05) is 41.6 Å². The highest BCUT2D eigenvalue weighted by Gasteiger charge is 2.25. The van der Waals surface area contributed by atoms with Crippen molar-refractivity contribution >= 4 is 6.03 Å². The number of hydrogen-bond acceptors (Lipinski definition) is 4. The van der Waals surface area contributed by atoms with Crippen LogP contribution in [0.25, 0.3) is 11.4 Å². The van der Waals surface area contributed by atoms with Gasteiger partial charge in [-0.05, 0) is 48.9 Å². The third kappa shape index (κ3) is 4.84. The highest BCUT2D eigenvalue weighted by Crippen LogP contribution is 2.23. The first-order valence-electron chi connectivity index (χ1n) is 10.2. The average molecular weight is 408 g/mol. The summed E-state index contributed by atoms with van der Waals surface area (Å²) in [7, 11) is 0. The van der Waals surface area contributed by atoms with Crippen LogP contribution in [0.4, 0.5) is 9.18 Å². The van der Waals surface area contributed by atoms with Crippen molar-refractivity contribution in [2.45, 2.75) is 32.7 Å². The number of carbonyl (C=O) groups is 1. The lowest BCUT2D eigenvalue weighted by Crippen LogP contribution is -2.45. The van der Waals surface area contributed by atoms with Gasteiger partial charge in [-0.2, -0.15) is 4.98 Å². The minimum absolute atomic E-state index is 0.102. The van der Waals surface area contributed by atoms with E-state index in [4.69, 9.17) is 4.52 Å². The van der Waals surface area contributed by atoms with Crippen molar-refractivity contribution in [2.24, 2.45) is 5.92 Å². The molecule has 0 unspecified atom stereocenters. The van der Waals surface area contributed by atoms with Crippen LogP contribution in [0.1, 0.15) is 29.9 Å². The van der Waals surface area contributed by atoms with Crippen molar-refractivity contribution < 1.29 is 13.7 Å². The van der Waals surface area contributed by atoms with Gasteiger partial charge in [0.1, 0.15) is 5.82 Å². The molecule has 1 atom stereocenters. The number of amides is 2. The third-order valence-electron chi connectivity index (χ3n) is 5.48. The highest BCUT2D eigenvalue weighted by atomic mass is 19.1. The number of likely N-dealkylation sites (tertiary alicyclic amines) is 1. The van der Waals surface area contributed by atoms with Gasteiger partial charge in [0.05, 0.1) is 0 Å². The van der Waals surface area contributed by atoms with Gasteiger partial charge < -0.3 is 14.7 Å². The van der Waals surface area contributed by atoms with Gasteiger partial charge in [-0.15, -0.1) is 0 Å². The summed E-state index contributed by atoms with van der Waals surface area (Å²) in [5.74, 6) is 1.20. The molecular formula is C23H25FN4O2. The quantitative estimate of drug-likeness (QED) is 0.681. The molecule has 0 aliphatic carbocycles. The molecule has 2 amide bonds. The number of benzene rings is 2. The van der Waals surface area contributed by atoms with Crippen molar-refractivity contribution in [1.29, 1.82) is 0 Å². The fraction of sp³-hybridized carbons (Fsp3) is 0.348. The Hall–Kier alpha value is -3.22. The van der Waals surface area contributed by atoms with Crippen LogP contribution in [0.3, 0.4) is 0 Å².